The molecule has 3 atom stereocenters. The maximum Gasteiger partial charge on any atom is 0.513 e. The zero-order chi connectivity index (χ0) is 21.4. The van der Waals surface area contributed by atoms with Gasteiger partial charge >= 0.3 is 11.8 Å². The number of nitrogens with two attached hydrogens (primary N) is 1. The molecule has 10 nitrogen and oxygen atoms in total. The third-order valence-corrected chi connectivity index (χ3v) is 3.98. The number of benzene rings is 1. The molecule has 0 bridgehead atoms. The van der Waals surface area contributed by atoms with Crippen molar-refractivity contribution in [3.05, 3.63) is 52.0 Å². The Morgan fingerprint density at radius 3 is 2.69 bits per heavy atom. The molecule has 0 aliphatic rings. The Bertz CT molecular complexity index is 927. The van der Waals surface area contributed by atoms with Gasteiger partial charge in [0.2, 0.25) is 0 Å². The molecule has 1 aromatic carbocycles. The minimum absolute atomic E-state index is 0.0489. The van der Waals surface area contributed by atoms with E-state index >= 15 is 0 Å². The molecule has 3 N–H and O–H groups in total. The van der Waals surface area contributed by atoms with Gasteiger partial charge in [-0.15, -0.1) is 0 Å². The van der Waals surface area contributed by atoms with E-state index in [1.54, 1.807) is 6.07 Å². The van der Waals surface area contributed by atoms with Crippen LogP contribution in [0.1, 0.15) is 19.6 Å². The Morgan fingerprint density at radius 1 is 1.38 bits per heavy atom. The molecule has 0 amide bonds. The first-order valence-electron chi connectivity index (χ1n) is 8.45. The number of aliphatic hydroxyl groups is 1. The maximum atomic E-state index is 11.9. The molecule has 2 aromatic rings. The molecule has 0 saturated carbocycles. The van der Waals surface area contributed by atoms with Crippen molar-refractivity contribution >= 4 is 23.6 Å². The number of carbonyl (C=O) groups excluding carboxylic acids is 1. The summed E-state index contributed by atoms with van der Waals surface area (Å²) in [5.74, 6) is 0.259. The smallest absolute Gasteiger partial charge is 0.431 e. The van der Waals surface area contributed by atoms with Crippen molar-refractivity contribution in [1.82, 2.24) is 9.55 Å². The molecule has 0 aliphatic carbocycles. The molecule has 0 aliphatic heterocycles. The Kier molecular flexibility index (Phi) is 7.97. The van der Waals surface area contributed by atoms with Gasteiger partial charge in [-0.25, -0.2) is 9.59 Å². The van der Waals surface area contributed by atoms with E-state index in [1.807, 2.05) is 0 Å². The van der Waals surface area contributed by atoms with E-state index in [2.05, 4.69) is 4.98 Å². The summed E-state index contributed by atoms with van der Waals surface area (Å²) in [6, 6.07) is 9.23. The molecular formula is C18H19ClN4O6. The minimum Gasteiger partial charge on any atom is -0.431 e. The molecule has 0 saturated heterocycles. The van der Waals surface area contributed by atoms with Crippen molar-refractivity contribution in [1.29, 1.82) is 5.26 Å². The number of aromatic nitrogens is 2. The lowest BCUT2D eigenvalue weighted by atomic mass is 10.1. The van der Waals surface area contributed by atoms with Crippen LogP contribution in [0.25, 0.3) is 0 Å². The van der Waals surface area contributed by atoms with Crippen LogP contribution in [0.2, 0.25) is 5.02 Å². The van der Waals surface area contributed by atoms with E-state index in [9.17, 15) is 14.7 Å². The van der Waals surface area contributed by atoms with Gasteiger partial charge in [0, 0.05) is 11.2 Å². The number of nitriles is 1. The summed E-state index contributed by atoms with van der Waals surface area (Å²) in [6.07, 6.45) is -3.20. The Labute approximate surface area is 171 Å². The van der Waals surface area contributed by atoms with Gasteiger partial charge in [0.1, 0.15) is 30.5 Å². The zero-order valence-electron chi connectivity index (χ0n) is 15.4. The number of rotatable bonds is 8. The van der Waals surface area contributed by atoms with E-state index in [-0.39, 0.29) is 18.0 Å². The van der Waals surface area contributed by atoms with Gasteiger partial charge < -0.3 is 25.1 Å². The topological polar surface area (TPSA) is 150 Å². The van der Waals surface area contributed by atoms with E-state index < -0.39 is 36.9 Å². The summed E-state index contributed by atoms with van der Waals surface area (Å²) in [5.41, 5.74) is 4.79. The van der Waals surface area contributed by atoms with Crippen molar-refractivity contribution in [2.45, 2.75) is 31.8 Å². The van der Waals surface area contributed by atoms with Gasteiger partial charge in [-0.3, -0.25) is 4.57 Å². The summed E-state index contributed by atoms with van der Waals surface area (Å²) >= 11 is 5.76. The lowest BCUT2D eigenvalue weighted by Crippen LogP contribution is -2.38. The highest BCUT2D eigenvalue weighted by Gasteiger charge is 2.25. The molecule has 0 spiro atoms. The first kappa shape index (κ1) is 22.2. The monoisotopic (exact) mass is 422 g/mol. The lowest BCUT2D eigenvalue weighted by Gasteiger charge is -2.25. The number of nitrogens with zero attached hydrogens (tertiary/aromatic N) is 3. The van der Waals surface area contributed by atoms with Crippen molar-refractivity contribution in [3.63, 3.8) is 0 Å². The van der Waals surface area contributed by atoms with Gasteiger partial charge in [-0.1, -0.05) is 11.6 Å². The van der Waals surface area contributed by atoms with Gasteiger partial charge in [-0.05, 0) is 37.3 Å². The first-order chi connectivity index (χ1) is 13.8. The molecular weight excluding hydrogens is 404 g/mol. The number of aliphatic hydroxyl groups excluding tert-OH is 1. The maximum absolute atomic E-state index is 11.9. The molecule has 29 heavy (non-hydrogen) atoms. The minimum atomic E-state index is -1.27. The molecule has 1 heterocycles. The first-order valence-corrected chi connectivity index (χ1v) is 8.83. The summed E-state index contributed by atoms with van der Waals surface area (Å²) < 4.78 is 16.7. The average Bonchev–Trinajstić information content (AvgIpc) is 2.67. The third-order valence-electron chi connectivity index (χ3n) is 3.72. The van der Waals surface area contributed by atoms with Crippen LogP contribution in [0.3, 0.4) is 0 Å². The van der Waals surface area contributed by atoms with Crippen molar-refractivity contribution in [2.24, 2.45) is 0 Å². The number of hydrogen-bond acceptors (Lipinski definition) is 9. The number of anilines is 1. The fraction of sp³-hybridized carbons (Fsp3) is 0.333. The summed E-state index contributed by atoms with van der Waals surface area (Å²) in [4.78, 5) is 27.4. The highest BCUT2D eigenvalue weighted by molar-refractivity contribution is 6.30. The Balaban J connectivity index is 2.01. The highest BCUT2D eigenvalue weighted by atomic mass is 35.5. The quantitative estimate of drug-likeness (QED) is 0.479. The van der Waals surface area contributed by atoms with Crippen molar-refractivity contribution in [3.8, 4) is 11.8 Å². The number of carbonyl (C=O) groups is 1. The molecule has 1 unspecified atom stereocenters. The molecule has 2 rings (SSSR count). The summed E-state index contributed by atoms with van der Waals surface area (Å²) in [6.45, 7) is 1.11. The van der Waals surface area contributed by atoms with Crippen molar-refractivity contribution < 1.29 is 24.1 Å². The van der Waals surface area contributed by atoms with Gasteiger partial charge in [0.05, 0.1) is 18.6 Å². The number of nitrogen functional groups attached to an aromatic ring is 1. The normalized spacial score (nSPS) is 13.7. The second-order valence-electron chi connectivity index (χ2n) is 5.86. The van der Waals surface area contributed by atoms with E-state index in [0.29, 0.717) is 5.02 Å². The van der Waals surface area contributed by atoms with Gasteiger partial charge in [-0.2, -0.15) is 10.2 Å². The standard InChI is InChI=1S/C18H19ClN4O6/c1-11(23-9-7-16(21)22-17(23)25)28-15(14(24)6-8-20)10-27-18(26)29-13-4-2-12(19)3-5-13/h2-5,7,9,11,14-15,24H,6,10H2,1H3,(H2,21,22,25)/t11?,14-,15+/m0/s1. The molecule has 1 aromatic heterocycles. The van der Waals surface area contributed by atoms with Crippen LogP contribution in [0, 0.1) is 11.3 Å². The Hall–Kier alpha value is -3.13. The fourth-order valence-corrected chi connectivity index (χ4v) is 2.39. The summed E-state index contributed by atoms with van der Waals surface area (Å²) in [5, 5.41) is 19.4. The van der Waals surface area contributed by atoms with Gasteiger partial charge in [0.25, 0.3) is 0 Å². The predicted molar refractivity (Wildman–Crippen MR) is 102 cm³/mol. The van der Waals surface area contributed by atoms with Gasteiger partial charge in [0.15, 0.2) is 0 Å². The SMILES string of the molecule is CC(O[C@H](COC(=O)Oc1ccc(Cl)cc1)[C@@H](O)CC#N)n1ccc(N)nc1=O. The highest BCUT2D eigenvalue weighted by Crippen LogP contribution is 2.17. The predicted octanol–water partition coefficient (Wildman–Crippen LogP) is 1.87. The van der Waals surface area contributed by atoms with E-state index in [1.165, 1.54) is 43.5 Å². The molecule has 11 heteroatoms. The zero-order valence-corrected chi connectivity index (χ0v) is 16.2. The van der Waals surface area contributed by atoms with Crippen LogP contribution in [-0.4, -0.2) is 39.6 Å². The van der Waals surface area contributed by atoms with E-state index in [0.717, 1.165) is 4.57 Å². The molecule has 154 valence electrons. The number of hydrogen-bond donors (Lipinski definition) is 2. The number of ether oxygens (including phenoxy) is 3. The van der Waals surface area contributed by atoms with Crippen molar-refractivity contribution in [2.75, 3.05) is 12.3 Å². The molecule has 0 fully saturated rings. The Morgan fingerprint density at radius 2 is 2.07 bits per heavy atom. The van der Waals surface area contributed by atoms with E-state index in [4.69, 9.17) is 36.8 Å². The van der Waals surface area contributed by atoms with Crippen LogP contribution in [0.5, 0.6) is 5.75 Å². The largest absolute Gasteiger partial charge is 0.513 e. The van der Waals surface area contributed by atoms with Crippen LogP contribution < -0.4 is 16.2 Å². The molecule has 0 radical (unpaired) electrons. The lowest BCUT2D eigenvalue weighted by molar-refractivity contribution is -0.119. The van der Waals surface area contributed by atoms with Crippen LogP contribution in [-0.2, 0) is 9.47 Å². The summed E-state index contributed by atoms with van der Waals surface area (Å²) in [7, 11) is 0. The third kappa shape index (κ3) is 6.76. The second-order valence-corrected chi connectivity index (χ2v) is 6.30. The van der Waals surface area contributed by atoms with Crippen LogP contribution in [0.4, 0.5) is 10.6 Å². The average molecular weight is 423 g/mol. The second kappa shape index (κ2) is 10.4. The van der Waals surface area contributed by atoms with Crippen LogP contribution >= 0.6 is 11.6 Å². The van der Waals surface area contributed by atoms with Crippen LogP contribution in [0.15, 0.2) is 41.3 Å². The number of halogens is 1. The fourth-order valence-electron chi connectivity index (χ4n) is 2.27.